The van der Waals surface area contributed by atoms with E-state index in [1.54, 1.807) is 36.0 Å². The first-order valence-corrected chi connectivity index (χ1v) is 42.4. The van der Waals surface area contributed by atoms with E-state index in [-0.39, 0.29) is 77.1 Å². The van der Waals surface area contributed by atoms with Crippen LogP contribution in [0, 0.1) is 0 Å². The molecule has 0 aromatic heterocycles. The molecule has 0 amide bonds. The molecule has 6 atom stereocenters. The van der Waals surface area contributed by atoms with Crippen LogP contribution in [-0.4, -0.2) is 160 Å². The third-order valence-electron chi connectivity index (χ3n) is 15.9. The van der Waals surface area contributed by atoms with E-state index in [1.807, 2.05) is 49.3 Å². The van der Waals surface area contributed by atoms with E-state index in [2.05, 4.69) is 190 Å². The standard InChI is InChI=1S/4C10H13BO.2C9H12BNO.2C3H6O2S.2C2H7NS.2C2H6OS.2Rf/c4*1-3-10-8-6-4-5-7-9(8)11(2)12-10;2*1-10-8-5-3-2-4-7(8)9(6-11)12-10;2*1-6-2-3(4)5;4*1-4-2-3;;/h4*4-7,10H,3H2,1-2H3;2*2-5,9H,6,11H2,1H3;2*2H2,1H3,(H,4,5);2*2-3H2,1H3;2*3H,2H2,1H3;;/t4*10-;2*9-;;;;;;;;/m110010......../s1. The molecule has 552 valence electrons. The Labute approximate surface area is 628 Å². The summed E-state index contributed by atoms with van der Waals surface area (Å²) in [4.78, 5) is 19.2. The zero-order valence-corrected chi connectivity index (χ0v) is 81.2. The van der Waals surface area contributed by atoms with Gasteiger partial charge in [-0.05, 0) is 129 Å². The molecular weight excluding hydrogens is 1900 g/mol. The normalized spacial score (nSPS) is 17.1. The van der Waals surface area contributed by atoms with Gasteiger partial charge in [-0.1, -0.05) is 214 Å². The Bertz CT molecular complexity index is 2650. The Morgan fingerprint density at radius 3 is 0.608 bits per heavy atom. The molecule has 0 spiro atoms. The molecule has 12 rings (SSSR count). The minimum Gasteiger partial charge on any atom is -0.481 e. The summed E-state index contributed by atoms with van der Waals surface area (Å²) >= 11 is 8.71. The average molecular weight is 2020 g/mol. The number of rotatable bonds is 14. The van der Waals surface area contributed by atoms with Crippen LogP contribution in [0.3, 0.4) is 0 Å². The zero-order chi connectivity index (χ0) is 75.0. The van der Waals surface area contributed by atoms with Crippen LogP contribution in [0.4, 0.5) is 0 Å². The molecule has 30 heteroatoms. The molecule has 6 aliphatic heterocycles. The van der Waals surface area contributed by atoms with Crippen LogP contribution in [0.1, 0.15) is 123 Å². The Morgan fingerprint density at radius 1 is 0.333 bits per heavy atom. The molecule has 0 unspecified atom stereocenters. The molecule has 0 fully saturated rings. The average Bonchev–Trinajstić information content (AvgIpc) is 1.73. The van der Waals surface area contributed by atoms with Crippen molar-refractivity contribution in [2.24, 2.45) is 22.9 Å². The fourth-order valence-corrected chi connectivity index (χ4v) is 11.8. The zero-order valence-electron chi connectivity index (χ0n) is 63.5. The molecule has 0 radical (unpaired) electrons. The van der Waals surface area contributed by atoms with Crippen molar-refractivity contribution in [2.45, 2.75) is 131 Å². The van der Waals surface area contributed by atoms with Gasteiger partial charge in [0.2, 0.25) is 0 Å². The summed E-state index contributed by atoms with van der Waals surface area (Å²) in [6, 6.07) is 50.5. The van der Waals surface area contributed by atoms with Gasteiger partial charge in [-0.25, -0.2) is 0 Å². The minimum atomic E-state index is -0.748. The number of thioether (sulfide) groups is 6. The van der Waals surface area contributed by atoms with E-state index in [9.17, 15) is 9.59 Å². The van der Waals surface area contributed by atoms with Crippen LogP contribution in [0.5, 0.6) is 0 Å². The van der Waals surface area contributed by atoms with Gasteiger partial charge in [0.25, 0.3) is 0 Å². The van der Waals surface area contributed by atoms with Gasteiger partial charge in [0.05, 0.1) is 60.0 Å². The van der Waals surface area contributed by atoms with Gasteiger partial charge in [0.1, 0.15) is 0 Å². The first kappa shape index (κ1) is 98.3. The molecule has 6 aromatic rings. The number of carboxylic acid groups (broad SMARTS) is 2. The van der Waals surface area contributed by atoms with E-state index in [4.69, 9.17) is 71.3 Å². The third-order valence-corrected chi connectivity index (χ3v) is 18.2. The van der Waals surface area contributed by atoms with E-state index < -0.39 is 11.9 Å². The van der Waals surface area contributed by atoms with Gasteiger partial charge >= 0.3 is 53.4 Å². The molecule has 0 bridgehead atoms. The number of hydrogen-bond acceptors (Lipinski definition) is 20. The summed E-state index contributed by atoms with van der Waals surface area (Å²) < 4.78 is 34.4. The quantitative estimate of drug-likeness (QED) is 0.0372. The molecule has 12 N–H and O–H groups in total. The second-order valence-electron chi connectivity index (χ2n) is 22.9. The third kappa shape index (κ3) is 34.5. The van der Waals surface area contributed by atoms with E-state index in [0.29, 0.717) is 37.5 Å². The maximum absolute atomic E-state index is 9.58. The van der Waals surface area contributed by atoms with Crippen molar-refractivity contribution in [3.63, 3.8) is 0 Å². The first-order valence-electron chi connectivity index (χ1n) is 34.0. The van der Waals surface area contributed by atoms with Crippen molar-refractivity contribution >= 4 is 157 Å². The predicted molar refractivity (Wildman–Crippen MR) is 447 cm³/mol. The maximum Gasteiger partial charge on any atom is 0.324 e. The Balaban J connectivity index is 0. The largest absolute Gasteiger partial charge is 0.481 e. The van der Waals surface area contributed by atoms with Gasteiger partial charge in [-0.3, -0.25) is 9.59 Å². The van der Waals surface area contributed by atoms with Crippen LogP contribution in [0.15, 0.2) is 146 Å². The van der Waals surface area contributed by atoms with E-state index in [1.165, 1.54) is 113 Å². The van der Waals surface area contributed by atoms with Crippen LogP contribution >= 0.6 is 70.6 Å². The Kier molecular flexibility index (Phi) is 56.4. The van der Waals surface area contributed by atoms with Gasteiger partial charge < -0.3 is 71.3 Å². The SMILES string of the molecule is CB1O[C@@H](CN)c2ccccc21.CB1O[C@H](CN)c2ccccc21.CC[C@@H]1OB(C)c2ccccc21.CC[C@@H]1OB(C)c2ccccc21.CC[C@H]1OB(C)c2ccccc21.CC[C@H]1OB(C)c2ccccc21.CSCC(=O)O.CSCC(=O)O.CSCN.CSCN.CSCO.CSCO.[Rf].[Rf]. The van der Waals surface area contributed by atoms with E-state index in [0.717, 1.165) is 37.4 Å². The van der Waals surface area contributed by atoms with Crippen molar-refractivity contribution in [1.29, 1.82) is 0 Å². The van der Waals surface area contributed by atoms with Gasteiger partial charge in [-0.15, -0.1) is 23.5 Å². The fraction of sp³-hybridized carbons (Fsp3) is 0.472. The van der Waals surface area contributed by atoms with Crippen molar-refractivity contribution in [1.82, 2.24) is 0 Å². The number of aliphatic hydroxyl groups is 2. The second kappa shape index (κ2) is 58.5. The number of nitrogens with two attached hydrogens (primary N) is 4. The molecule has 16 nitrogen and oxygen atoms in total. The smallest absolute Gasteiger partial charge is 0.324 e. The summed E-state index contributed by atoms with van der Waals surface area (Å²) in [5.74, 6) is 0.866. The summed E-state index contributed by atoms with van der Waals surface area (Å²) in [6.07, 6.45) is 17.0. The van der Waals surface area contributed by atoms with Crippen LogP contribution in [0.2, 0.25) is 40.9 Å². The number of fused-ring (bicyclic) bond motifs is 6. The van der Waals surface area contributed by atoms with Crippen LogP contribution < -0.4 is 55.7 Å². The number of benzene rings is 6. The summed E-state index contributed by atoms with van der Waals surface area (Å²) in [7, 11) is 0. The number of carbonyl (C=O) groups is 2. The molecule has 0 saturated carbocycles. The molecule has 102 heavy (non-hydrogen) atoms. The van der Waals surface area contributed by atoms with Crippen LogP contribution in [-0.2, 0) is 37.5 Å². The summed E-state index contributed by atoms with van der Waals surface area (Å²) in [5, 5.41) is 31.5. The van der Waals surface area contributed by atoms with Crippen molar-refractivity contribution in [3.8, 4) is 0 Å². The monoisotopic (exact) mass is 2020 g/mol. The molecule has 0 saturated heterocycles. The van der Waals surface area contributed by atoms with Crippen molar-refractivity contribution in [3.05, 3.63) is 179 Å². The molecular formula is C72H114B6N4O12Rf2S6. The van der Waals surface area contributed by atoms with Crippen LogP contribution in [0.25, 0.3) is 0 Å². The number of hydrogen-bond donors (Lipinski definition) is 8. The fourth-order valence-electron chi connectivity index (χ4n) is 11.3. The first-order chi connectivity index (χ1) is 48.2. The van der Waals surface area contributed by atoms with Gasteiger partial charge in [-0.2, -0.15) is 47.0 Å². The number of aliphatic hydroxyl groups excluding tert-OH is 2. The maximum atomic E-state index is 9.58. The van der Waals surface area contributed by atoms with Gasteiger partial charge in [0.15, 0.2) is 0 Å². The van der Waals surface area contributed by atoms with Crippen molar-refractivity contribution in [2.75, 3.05) is 85.8 Å². The topological polar surface area (TPSA) is 275 Å². The molecule has 6 heterocycles. The number of aliphatic carboxylic acids is 2. The van der Waals surface area contributed by atoms with Gasteiger partial charge in [0, 0.05) is 24.8 Å². The van der Waals surface area contributed by atoms with Crippen molar-refractivity contribution < 1.29 is 57.9 Å². The molecule has 6 aliphatic rings. The second-order valence-corrected chi connectivity index (χ2v) is 28.1. The minimum absolute atomic E-state index is 0. The Hall–Kier alpha value is -5.73. The molecule has 6 aromatic carbocycles. The van der Waals surface area contributed by atoms with E-state index >= 15 is 0 Å². The number of carboxylic acids is 2. The Morgan fingerprint density at radius 2 is 0.490 bits per heavy atom. The molecule has 0 aliphatic carbocycles. The summed E-state index contributed by atoms with van der Waals surface area (Å²) in [6.45, 7) is 24.0. The predicted octanol–water partition coefficient (Wildman–Crippen LogP) is 11.1. The summed E-state index contributed by atoms with van der Waals surface area (Å²) in [5.41, 5.74) is 37.2.